The fraction of sp³-hybridized carbons (Fsp3) is 0.111. The Balaban J connectivity index is 2.33. The second-order valence-corrected chi connectivity index (χ2v) is 3.62. The van der Waals surface area contributed by atoms with Gasteiger partial charge in [-0.15, -0.1) is 0 Å². The number of hydrogen-bond donors (Lipinski definition) is 2. The molecule has 0 bridgehead atoms. The van der Waals surface area contributed by atoms with Crippen molar-refractivity contribution in [3.05, 3.63) is 41.5 Å². The quantitative estimate of drug-likeness (QED) is 0.688. The maximum Gasteiger partial charge on any atom is 0.202 e. The lowest BCUT2D eigenvalue weighted by Gasteiger charge is -2.07. The minimum absolute atomic E-state index is 0.183. The van der Waals surface area contributed by atoms with Gasteiger partial charge >= 0.3 is 0 Å². The van der Waals surface area contributed by atoms with Crippen molar-refractivity contribution in [2.24, 2.45) is 0 Å². The molecule has 0 spiro atoms. The Kier molecular flexibility index (Phi) is 2.16. The van der Waals surface area contributed by atoms with E-state index in [4.69, 9.17) is 0 Å². The van der Waals surface area contributed by atoms with Gasteiger partial charge in [0.25, 0.3) is 0 Å². The zero-order valence-electron chi connectivity index (χ0n) is 6.81. The van der Waals surface area contributed by atoms with E-state index in [1.54, 1.807) is 0 Å². The summed E-state index contributed by atoms with van der Waals surface area (Å²) in [7, 11) is -2.54. The first kappa shape index (κ1) is 8.47. The van der Waals surface area contributed by atoms with Crippen LogP contribution in [0.5, 0.6) is 0 Å². The molecule has 0 aromatic heterocycles. The van der Waals surface area contributed by atoms with E-state index in [0.717, 1.165) is 11.1 Å². The molecule has 1 unspecified atom stereocenters. The normalized spacial score (nSPS) is 19.3. The zero-order valence-corrected chi connectivity index (χ0v) is 7.70. The number of rotatable bonds is 2. The van der Waals surface area contributed by atoms with Crippen LogP contribution in [0.25, 0.3) is 6.08 Å². The molecule has 0 fully saturated rings. The molecule has 1 aromatic rings. The van der Waals surface area contributed by atoms with Gasteiger partial charge in [-0.1, -0.05) is 36.4 Å². The van der Waals surface area contributed by atoms with E-state index in [9.17, 15) is 8.42 Å². The average Bonchev–Trinajstić information content (AvgIpc) is 2.48. The average molecular weight is 195 g/mol. The van der Waals surface area contributed by atoms with Crippen LogP contribution in [-0.2, 0) is 10.9 Å². The molecule has 0 radical (unpaired) electrons. The van der Waals surface area contributed by atoms with Gasteiger partial charge in [-0.3, -0.25) is 0 Å². The Bertz CT molecular complexity index is 415. The highest BCUT2D eigenvalue weighted by Gasteiger charge is 2.15. The van der Waals surface area contributed by atoms with Crippen LogP contribution in [0.2, 0.25) is 0 Å². The largest absolute Gasteiger partial charge is 0.215 e. The van der Waals surface area contributed by atoms with Gasteiger partial charge in [-0.05, 0) is 11.1 Å². The van der Waals surface area contributed by atoms with Crippen molar-refractivity contribution in [1.82, 2.24) is 4.72 Å². The summed E-state index contributed by atoms with van der Waals surface area (Å²) >= 11 is 0. The van der Waals surface area contributed by atoms with Crippen molar-refractivity contribution in [2.45, 2.75) is 6.04 Å². The molecule has 1 N–H and O–H groups in total. The van der Waals surface area contributed by atoms with Crippen LogP contribution < -0.4 is 4.72 Å². The molecule has 4 heteroatoms. The first-order valence-electron chi connectivity index (χ1n) is 3.95. The summed E-state index contributed by atoms with van der Waals surface area (Å²) in [5, 5.41) is 0. The van der Waals surface area contributed by atoms with Crippen molar-refractivity contribution in [3.8, 4) is 0 Å². The molecule has 0 aliphatic heterocycles. The number of thiol groups is 1. The Labute approximate surface area is 78.2 Å². The van der Waals surface area contributed by atoms with E-state index in [1.165, 1.54) is 0 Å². The molecule has 1 aliphatic carbocycles. The first-order chi connectivity index (χ1) is 6.27. The van der Waals surface area contributed by atoms with Gasteiger partial charge < -0.3 is 0 Å². The van der Waals surface area contributed by atoms with E-state index in [1.807, 2.05) is 36.4 Å². The third-order valence-corrected chi connectivity index (χ3v) is 2.53. The van der Waals surface area contributed by atoms with Crippen molar-refractivity contribution in [1.29, 1.82) is 0 Å². The lowest BCUT2D eigenvalue weighted by atomic mass is 10.1. The summed E-state index contributed by atoms with van der Waals surface area (Å²) in [4.78, 5) is 0. The number of nitrogens with one attached hydrogen (secondary N) is 1. The number of fused-ring (bicyclic) bond motifs is 1. The molecule has 1 aliphatic rings. The summed E-state index contributed by atoms with van der Waals surface area (Å²) in [6, 6.07) is 7.54. The highest BCUT2D eigenvalue weighted by Crippen LogP contribution is 2.27. The summed E-state index contributed by atoms with van der Waals surface area (Å²) < 4.78 is 23.4. The Morgan fingerprint density at radius 2 is 2.00 bits per heavy atom. The number of benzene rings is 1. The fourth-order valence-corrected chi connectivity index (χ4v) is 1.93. The van der Waals surface area contributed by atoms with E-state index in [2.05, 4.69) is 4.72 Å². The Morgan fingerprint density at radius 1 is 1.23 bits per heavy atom. The van der Waals surface area contributed by atoms with Crippen molar-refractivity contribution < 1.29 is 8.42 Å². The maximum absolute atomic E-state index is 10.5. The van der Waals surface area contributed by atoms with Crippen LogP contribution in [0.15, 0.2) is 30.3 Å². The molecule has 1 atom stereocenters. The van der Waals surface area contributed by atoms with Gasteiger partial charge in [0.1, 0.15) is 0 Å². The van der Waals surface area contributed by atoms with Gasteiger partial charge in [0.05, 0.1) is 6.04 Å². The lowest BCUT2D eigenvalue weighted by molar-refractivity contribution is 0.595. The van der Waals surface area contributed by atoms with Gasteiger partial charge in [-0.2, -0.15) is 0 Å². The molecule has 2 rings (SSSR count). The molecule has 0 saturated carbocycles. The predicted molar refractivity (Wildman–Crippen MR) is 51.7 cm³/mol. The monoisotopic (exact) mass is 195 g/mol. The molecule has 13 heavy (non-hydrogen) atoms. The Hall–Kier alpha value is -1.13. The second-order valence-electron chi connectivity index (χ2n) is 2.85. The second kappa shape index (κ2) is 3.32. The van der Waals surface area contributed by atoms with Gasteiger partial charge in [0, 0.05) is 0 Å². The Morgan fingerprint density at radius 3 is 2.77 bits per heavy atom. The summed E-state index contributed by atoms with van der Waals surface area (Å²) in [5.41, 5.74) is 2.10. The molecular formula is C9H9NO2S. The standard InChI is InChI=1S/C9H9NO2S/c11-13(12)10-9-6-5-7-3-1-2-4-8(7)9/h1-6,9,13H,(H,10,11,12). The SMILES string of the molecule is O=[SH](=O)NC1C=Cc2ccccc21. The zero-order chi connectivity index (χ0) is 9.26. The molecule has 68 valence electrons. The van der Waals surface area contributed by atoms with Crippen LogP contribution in [0.4, 0.5) is 0 Å². The summed E-state index contributed by atoms with van der Waals surface area (Å²) in [5.74, 6) is 0. The number of hydrogen-bond acceptors (Lipinski definition) is 2. The highest BCUT2D eigenvalue weighted by molar-refractivity contribution is 7.70. The minimum Gasteiger partial charge on any atom is -0.215 e. The first-order valence-corrected chi connectivity index (χ1v) is 5.13. The van der Waals surface area contributed by atoms with Gasteiger partial charge in [0.15, 0.2) is 0 Å². The van der Waals surface area contributed by atoms with E-state index in [0.29, 0.717) is 0 Å². The smallest absolute Gasteiger partial charge is 0.202 e. The lowest BCUT2D eigenvalue weighted by Crippen LogP contribution is -2.15. The van der Waals surface area contributed by atoms with Gasteiger partial charge in [0.2, 0.25) is 10.9 Å². The van der Waals surface area contributed by atoms with Crippen LogP contribution in [0.3, 0.4) is 0 Å². The highest BCUT2D eigenvalue weighted by atomic mass is 32.2. The molecule has 0 saturated heterocycles. The van der Waals surface area contributed by atoms with Crippen LogP contribution in [0.1, 0.15) is 17.2 Å². The fourth-order valence-electron chi connectivity index (χ4n) is 1.48. The predicted octanol–water partition coefficient (Wildman–Crippen LogP) is 0.871. The third kappa shape index (κ3) is 1.64. The molecular weight excluding hydrogens is 186 g/mol. The van der Waals surface area contributed by atoms with Crippen LogP contribution in [0, 0.1) is 0 Å². The van der Waals surface area contributed by atoms with E-state index >= 15 is 0 Å². The van der Waals surface area contributed by atoms with E-state index in [-0.39, 0.29) is 6.04 Å². The molecule has 0 heterocycles. The van der Waals surface area contributed by atoms with Crippen molar-refractivity contribution in [3.63, 3.8) is 0 Å². The molecule has 3 nitrogen and oxygen atoms in total. The maximum atomic E-state index is 10.5. The molecule has 1 aromatic carbocycles. The van der Waals surface area contributed by atoms with Crippen molar-refractivity contribution >= 4 is 17.0 Å². The summed E-state index contributed by atoms with van der Waals surface area (Å²) in [6.07, 6.45) is 3.77. The van der Waals surface area contributed by atoms with Crippen molar-refractivity contribution in [2.75, 3.05) is 0 Å². The summed E-state index contributed by atoms with van der Waals surface area (Å²) in [6.45, 7) is 0. The van der Waals surface area contributed by atoms with Crippen LogP contribution >= 0.6 is 0 Å². The molecule has 0 amide bonds. The van der Waals surface area contributed by atoms with E-state index < -0.39 is 10.9 Å². The minimum atomic E-state index is -2.54. The topological polar surface area (TPSA) is 46.2 Å². The third-order valence-electron chi connectivity index (χ3n) is 2.04. The van der Waals surface area contributed by atoms with Gasteiger partial charge in [-0.25, -0.2) is 13.1 Å². The van der Waals surface area contributed by atoms with Crippen LogP contribution in [-0.4, -0.2) is 8.42 Å².